The molecule has 3 N–H and O–H groups in total. The zero-order chi connectivity index (χ0) is 13.0. The van der Waals surface area contributed by atoms with E-state index in [1.165, 1.54) is 0 Å². The van der Waals surface area contributed by atoms with Gasteiger partial charge in [0, 0.05) is 25.1 Å². The quantitative estimate of drug-likeness (QED) is 0.795. The van der Waals surface area contributed by atoms with E-state index in [9.17, 15) is 0 Å². The Balaban J connectivity index is 2.05. The van der Waals surface area contributed by atoms with Gasteiger partial charge in [-0.05, 0) is 24.6 Å². The minimum Gasteiger partial charge on any atom is -0.389 e. The number of hydrogen-bond donors (Lipinski definition) is 2. The summed E-state index contributed by atoms with van der Waals surface area (Å²) in [6.45, 7) is 3.45. The van der Waals surface area contributed by atoms with Crippen molar-refractivity contribution in [3.05, 3.63) is 41.9 Å². The molecule has 0 saturated heterocycles. The Morgan fingerprint density at radius 2 is 2.33 bits per heavy atom. The molecule has 2 heterocycles. The lowest BCUT2D eigenvalue weighted by molar-refractivity contribution is 0.637. The van der Waals surface area contributed by atoms with Crippen LogP contribution < -0.4 is 11.1 Å². The summed E-state index contributed by atoms with van der Waals surface area (Å²) in [5, 5.41) is 7.36. The Bertz CT molecular complexity index is 535. The first kappa shape index (κ1) is 12.5. The molecule has 2 aromatic rings. The van der Waals surface area contributed by atoms with Crippen LogP contribution in [-0.4, -0.2) is 26.3 Å². The number of rotatable bonds is 5. The van der Waals surface area contributed by atoms with Crippen LogP contribution in [0.4, 0.5) is 5.82 Å². The Labute approximate surface area is 111 Å². The molecule has 6 heteroatoms. The standard InChI is InChI=1S/C12H15N5S/c1-9-3-5-14-12(10(9)11(13)18)15-6-8-17-7-2-4-16-17/h2-5,7H,6,8H2,1H3,(H2,13,18)(H,14,15). The predicted octanol–water partition coefficient (Wildman–Crippen LogP) is 1.33. The normalized spacial score (nSPS) is 10.3. The van der Waals surface area contributed by atoms with Crippen LogP contribution in [0, 0.1) is 6.92 Å². The van der Waals surface area contributed by atoms with Crippen LogP contribution in [0.25, 0.3) is 0 Å². The molecular formula is C12H15N5S. The van der Waals surface area contributed by atoms with E-state index < -0.39 is 0 Å². The van der Waals surface area contributed by atoms with Gasteiger partial charge in [-0.2, -0.15) is 5.10 Å². The first-order valence-corrected chi connectivity index (χ1v) is 6.06. The van der Waals surface area contributed by atoms with E-state index in [4.69, 9.17) is 18.0 Å². The third-order valence-corrected chi connectivity index (χ3v) is 2.80. The SMILES string of the molecule is Cc1ccnc(NCCn2cccn2)c1C(N)=S. The number of aryl methyl sites for hydroxylation is 1. The zero-order valence-corrected chi connectivity index (χ0v) is 10.9. The van der Waals surface area contributed by atoms with Crippen LogP contribution >= 0.6 is 12.2 Å². The van der Waals surface area contributed by atoms with Crippen LogP contribution in [0.3, 0.4) is 0 Å². The Hall–Kier alpha value is -1.95. The molecule has 0 unspecified atom stereocenters. The van der Waals surface area contributed by atoms with Gasteiger partial charge in [0.1, 0.15) is 10.8 Å². The van der Waals surface area contributed by atoms with E-state index in [1.54, 1.807) is 12.4 Å². The van der Waals surface area contributed by atoms with Gasteiger partial charge in [0.15, 0.2) is 0 Å². The topological polar surface area (TPSA) is 68.8 Å². The molecule has 94 valence electrons. The molecule has 0 aliphatic heterocycles. The minimum absolute atomic E-state index is 0.363. The second kappa shape index (κ2) is 5.59. The van der Waals surface area contributed by atoms with Gasteiger partial charge in [0.2, 0.25) is 0 Å². The van der Waals surface area contributed by atoms with Gasteiger partial charge < -0.3 is 11.1 Å². The van der Waals surface area contributed by atoms with Gasteiger partial charge in [-0.3, -0.25) is 4.68 Å². The Morgan fingerprint density at radius 3 is 3.00 bits per heavy atom. The number of anilines is 1. The van der Waals surface area contributed by atoms with E-state index in [0.717, 1.165) is 23.5 Å². The average molecular weight is 261 g/mol. The highest BCUT2D eigenvalue weighted by Crippen LogP contribution is 2.16. The van der Waals surface area contributed by atoms with Gasteiger partial charge in [0.05, 0.1) is 12.1 Å². The van der Waals surface area contributed by atoms with Gasteiger partial charge in [0.25, 0.3) is 0 Å². The summed E-state index contributed by atoms with van der Waals surface area (Å²) in [5.74, 6) is 0.731. The monoisotopic (exact) mass is 261 g/mol. The predicted molar refractivity (Wildman–Crippen MR) is 75.6 cm³/mol. The first-order chi connectivity index (χ1) is 8.68. The van der Waals surface area contributed by atoms with E-state index >= 15 is 0 Å². The van der Waals surface area contributed by atoms with E-state index in [0.29, 0.717) is 11.5 Å². The van der Waals surface area contributed by atoms with Crippen molar-refractivity contribution >= 4 is 23.0 Å². The van der Waals surface area contributed by atoms with Gasteiger partial charge >= 0.3 is 0 Å². The number of nitrogens with zero attached hydrogens (tertiary/aromatic N) is 3. The maximum Gasteiger partial charge on any atom is 0.136 e. The third-order valence-electron chi connectivity index (χ3n) is 2.60. The number of nitrogens with two attached hydrogens (primary N) is 1. The molecule has 2 aromatic heterocycles. The highest BCUT2D eigenvalue weighted by Gasteiger charge is 2.09. The lowest BCUT2D eigenvalue weighted by atomic mass is 10.1. The maximum atomic E-state index is 5.72. The lowest BCUT2D eigenvalue weighted by Gasteiger charge is -2.12. The summed E-state index contributed by atoms with van der Waals surface area (Å²) in [6.07, 6.45) is 5.42. The van der Waals surface area contributed by atoms with Crippen molar-refractivity contribution < 1.29 is 0 Å². The van der Waals surface area contributed by atoms with Gasteiger partial charge in [-0.15, -0.1) is 0 Å². The smallest absolute Gasteiger partial charge is 0.136 e. The molecule has 0 radical (unpaired) electrons. The molecule has 0 amide bonds. The van der Waals surface area contributed by atoms with Crippen LogP contribution in [0.5, 0.6) is 0 Å². The van der Waals surface area contributed by atoms with Crippen molar-refractivity contribution in [1.29, 1.82) is 0 Å². The minimum atomic E-state index is 0.363. The van der Waals surface area contributed by atoms with Crippen molar-refractivity contribution in [3.63, 3.8) is 0 Å². The van der Waals surface area contributed by atoms with Crippen molar-refractivity contribution in [2.24, 2.45) is 5.73 Å². The fraction of sp³-hybridized carbons (Fsp3) is 0.250. The van der Waals surface area contributed by atoms with Gasteiger partial charge in [-0.1, -0.05) is 12.2 Å². The van der Waals surface area contributed by atoms with E-state index in [1.807, 2.05) is 29.9 Å². The number of aromatic nitrogens is 3. The highest BCUT2D eigenvalue weighted by atomic mass is 32.1. The zero-order valence-electron chi connectivity index (χ0n) is 10.1. The summed E-state index contributed by atoms with van der Waals surface area (Å²) < 4.78 is 1.85. The van der Waals surface area contributed by atoms with Crippen molar-refractivity contribution in [2.75, 3.05) is 11.9 Å². The number of thiocarbonyl (C=S) groups is 1. The van der Waals surface area contributed by atoms with Crippen molar-refractivity contribution in [1.82, 2.24) is 14.8 Å². The van der Waals surface area contributed by atoms with Crippen LogP contribution in [0.1, 0.15) is 11.1 Å². The largest absolute Gasteiger partial charge is 0.389 e. The Morgan fingerprint density at radius 1 is 1.50 bits per heavy atom. The van der Waals surface area contributed by atoms with E-state index in [2.05, 4.69) is 15.4 Å². The van der Waals surface area contributed by atoms with E-state index in [-0.39, 0.29) is 0 Å². The Kier molecular flexibility index (Phi) is 3.88. The van der Waals surface area contributed by atoms with Crippen LogP contribution in [0.2, 0.25) is 0 Å². The summed E-state index contributed by atoms with van der Waals surface area (Å²) in [7, 11) is 0. The fourth-order valence-electron chi connectivity index (χ4n) is 1.72. The number of nitrogens with one attached hydrogen (secondary N) is 1. The van der Waals surface area contributed by atoms with Crippen LogP contribution in [-0.2, 0) is 6.54 Å². The maximum absolute atomic E-state index is 5.72. The molecule has 18 heavy (non-hydrogen) atoms. The molecule has 0 saturated carbocycles. The van der Waals surface area contributed by atoms with Crippen LogP contribution in [0.15, 0.2) is 30.7 Å². The molecule has 0 fully saturated rings. The average Bonchev–Trinajstić information content (AvgIpc) is 2.81. The van der Waals surface area contributed by atoms with Crippen molar-refractivity contribution in [3.8, 4) is 0 Å². The molecule has 0 aliphatic rings. The third kappa shape index (κ3) is 2.84. The molecule has 2 rings (SSSR count). The molecule has 0 spiro atoms. The molecule has 5 nitrogen and oxygen atoms in total. The molecule has 0 aromatic carbocycles. The number of hydrogen-bond acceptors (Lipinski definition) is 4. The van der Waals surface area contributed by atoms with Crippen molar-refractivity contribution in [2.45, 2.75) is 13.5 Å². The van der Waals surface area contributed by atoms with Gasteiger partial charge in [-0.25, -0.2) is 4.98 Å². The first-order valence-electron chi connectivity index (χ1n) is 5.65. The lowest BCUT2D eigenvalue weighted by Crippen LogP contribution is -2.18. The highest BCUT2D eigenvalue weighted by molar-refractivity contribution is 7.80. The summed E-state index contributed by atoms with van der Waals surface area (Å²) in [5.41, 5.74) is 7.56. The molecular weight excluding hydrogens is 246 g/mol. The summed E-state index contributed by atoms with van der Waals surface area (Å²) >= 11 is 5.05. The molecule has 0 bridgehead atoms. The fourth-order valence-corrected chi connectivity index (χ4v) is 1.98. The summed E-state index contributed by atoms with van der Waals surface area (Å²) in [6, 6.07) is 3.79. The second-order valence-corrected chi connectivity index (χ2v) is 4.35. The number of pyridine rings is 1. The molecule has 0 atom stereocenters. The second-order valence-electron chi connectivity index (χ2n) is 3.91. The summed E-state index contributed by atoms with van der Waals surface area (Å²) in [4.78, 5) is 4.63. The molecule has 0 aliphatic carbocycles.